The summed E-state index contributed by atoms with van der Waals surface area (Å²) in [7, 11) is 0. The topological polar surface area (TPSA) is 0 Å². The number of fused-ring (bicyclic) bond motifs is 1. The van der Waals surface area contributed by atoms with Crippen LogP contribution in [0.1, 0.15) is 31.2 Å². The molecular weight excluding hydrogens is 232 g/mol. The first-order chi connectivity index (χ1) is 7.92. The Bertz CT molecular complexity index is 331. The van der Waals surface area contributed by atoms with Crippen LogP contribution in [-0.4, -0.2) is 16.3 Å². The van der Waals surface area contributed by atoms with E-state index in [1.807, 2.05) is 0 Å². The van der Waals surface area contributed by atoms with Crippen LogP contribution in [0, 0.1) is 0 Å². The molecule has 0 bridgehead atoms. The molecule has 1 aromatic carbocycles. The number of rotatable bonds is 3. The second-order valence-corrected chi connectivity index (χ2v) is 7.47. The van der Waals surface area contributed by atoms with Gasteiger partial charge in [-0.25, -0.2) is 0 Å². The first kappa shape index (κ1) is 11.0. The van der Waals surface area contributed by atoms with Crippen LogP contribution < -0.4 is 0 Å². The number of hydrogen-bond acceptors (Lipinski definition) is 2. The lowest BCUT2D eigenvalue weighted by molar-refractivity contribution is 0.886. The second-order valence-electron chi connectivity index (χ2n) is 4.79. The maximum Gasteiger partial charge on any atom is 0.0226 e. The second kappa shape index (κ2) is 5.05. The number of hydrogen-bond donors (Lipinski definition) is 0. The zero-order valence-electron chi connectivity index (χ0n) is 9.52. The van der Waals surface area contributed by atoms with Gasteiger partial charge in [-0.05, 0) is 30.9 Å². The summed E-state index contributed by atoms with van der Waals surface area (Å²) in [4.78, 5) is 1.53. The minimum atomic E-state index is 0.836. The molecule has 1 atom stereocenters. The lowest BCUT2D eigenvalue weighted by atomic mass is 10.1. The SMILES string of the molecule is c1ccc2c(c1)CC(CSC1CCCC1)S2. The fourth-order valence-electron chi connectivity index (χ4n) is 2.65. The van der Waals surface area contributed by atoms with Gasteiger partial charge in [0, 0.05) is 21.1 Å². The van der Waals surface area contributed by atoms with Crippen molar-refractivity contribution < 1.29 is 0 Å². The molecule has 3 rings (SSSR count). The van der Waals surface area contributed by atoms with Gasteiger partial charge < -0.3 is 0 Å². The number of thioether (sulfide) groups is 2. The molecule has 0 saturated heterocycles. The van der Waals surface area contributed by atoms with E-state index in [4.69, 9.17) is 0 Å². The average molecular weight is 250 g/mol. The zero-order chi connectivity index (χ0) is 10.8. The van der Waals surface area contributed by atoms with E-state index in [9.17, 15) is 0 Å². The summed E-state index contributed by atoms with van der Waals surface area (Å²) in [5.74, 6) is 1.35. The molecule has 16 heavy (non-hydrogen) atoms. The molecule has 0 N–H and O–H groups in total. The Morgan fingerprint density at radius 3 is 2.81 bits per heavy atom. The van der Waals surface area contributed by atoms with Crippen molar-refractivity contribution >= 4 is 23.5 Å². The van der Waals surface area contributed by atoms with E-state index in [1.165, 1.54) is 42.8 Å². The molecule has 1 unspecified atom stereocenters. The highest BCUT2D eigenvalue weighted by Gasteiger charge is 2.23. The molecule has 86 valence electrons. The highest BCUT2D eigenvalue weighted by atomic mass is 32.2. The van der Waals surface area contributed by atoms with Crippen LogP contribution in [0.25, 0.3) is 0 Å². The van der Waals surface area contributed by atoms with Crippen LogP contribution in [0.5, 0.6) is 0 Å². The lowest BCUT2D eigenvalue weighted by Gasteiger charge is -2.12. The zero-order valence-corrected chi connectivity index (χ0v) is 11.2. The Labute approximate surface area is 107 Å². The van der Waals surface area contributed by atoms with Gasteiger partial charge in [0.25, 0.3) is 0 Å². The van der Waals surface area contributed by atoms with Crippen molar-refractivity contribution in [3.8, 4) is 0 Å². The highest BCUT2D eigenvalue weighted by molar-refractivity contribution is 8.03. The normalized spacial score (nSPS) is 24.9. The van der Waals surface area contributed by atoms with Crippen LogP contribution in [0.2, 0.25) is 0 Å². The maximum atomic E-state index is 2.29. The van der Waals surface area contributed by atoms with E-state index < -0.39 is 0 Å². The molecule has 1 aliphatic heterocycles. The standard InChI is InChI=1S/C14H18S2/c1-4-8-14-11(5-1)9-13(16-14)10-15-12-6-2-3-7-12/h1,4-5,8,12-13H,2-3,6-7,9-10H2. The third-order valence-corrected chi connectivity index (χ3v) is 6.60. The summed E-state index contributed by atoms with van der Waals surface area (Å²) in [6, 6.07) is 8.91. The largest absolute Gasteiger partial charge is 0.157 e. The highest BCUT2D eigenvalue weighted by Crippen LogP contribution is 2.40. The van der Waals surface area contributed by atoms with E-state index in [-0.39, 0.29) is 0 Å². The average Bonchev–Trinajstić information content (AvgIpc) is 2.95. The summed E-state index contributed by atoms with van der Waals surface area (Å²) in [6.07, 6.45) is 7.16. The Hall–Kier alpha value is -0.0800. The van der Waals surface area contributed by atoms with Crippen molar-refractivity contribution in [2.75, 3.05) is 5.75 Å². The smallest absolute Gasteiger partial charge is 0.0226 e. The van der Waals surface area contributed by atoms with Gasteiger partial charge in [-0.1, -0.05) is 31.0 Å². The molecule has 1 aromatic rings. The van der Waals surface area contributed by atoms with Crippen molar-refractivity contribution in [1.82, 2.24) is 0 Å². The molecule has 2 aliphatic rings. The molecule has 0 amide bonds. The molecular formula is C14H18S2. The van der Waals surface area contributed by atoms with Gasteiger partial charge in [0.1, 0.15) is 0 Å². The minimum Gasteiger partial charge on any atom is -0.157 e. The first-order valence-corrected chi connectivity index (χ1v) is 8.21. The van der Waals surface area contributed by atoms with Crippen molar-refractivity contribution in [1.29, 1.82) is 0 Å². The third-order valence-electron chi connectivity index (χ3n) is 3.53. The van der Waals surface area contributed by atoms with E-state index in [0.29, 0.717) is 0 Å². The van der Waals surface area contributed by atoms with Gasteiger partial charge in [-0.15, -0.1) is 11.8 Å². The summed E-state index contributed by atoms with van der Waals surface area (Å²) in [6.45, 7) is 0. The van der Waals surface area contributed by atoms with Gasteiger partial charge in [-0.2, -0.15) is 11.8 Å². The summed E-state index contributed by atoms with van der Waals surface area (Å²) >= 11 is 4.33. The monoisotopic (exact) mass is 250 g/mol. The fourth-order valence-corrected chi connectivity index (χ4v) is 5.51. The molecule has 0 spiro atoms. The molecule has 0 aromatic heterocycles. The van der Waals surface area contributed by atoms with Crippen LogP contribution in [0.15, 0.2) is 29.2 Å². The predicted molar refractivity (Wildman–Crippen MR) is 74.5 cm³/mol. The molecule has 1 aliphatic carbocycles. The molecule has 0 nitrogen and oxygen atoms in total. The Morgan fingerprint density at radius 1 is 1.19 bits per heavy atom. The molecule has 2 heteroatoms. The van der Waals surface area contributed by atoms with Gasteiger partial charge >= 0.3 is 0 Å². The Morgan fingerprint density at radius 2 is 2.00 bits per heavy atom. The first-order valence-electron chi connectivity index (χ1n) is 6.28. The van der Waals surface area contributed by atoms with E-state index >= 15 is 0 Å². The van der Waals surface area contributed by atoms with Gasteiger partial charge in [-0.3, -0.25) is 0 Å². The van der Waals surface area contributed by atoms with Gasteiger partial charge in [0.2, 0.25) is 0 Å². The van der Waals surface area contributed by atoms with Crippen LogP contribution >= 0.6 is 23.5 Å². The molecule has 1 heterocycles. The van der Waals surface area contributed by atoms with Gasteiger partial charge in [0.05, 0.1) is 0 Å². The maximum absolute atomic E-state index is 2.29. The summed E-state index contributed by atoms with van der Waals surface area (Å²) in [5.41, 5.74) is 1.57. The van der Waals surface area contributed by atoms with Crippen molar-refractivity contribution in [2.45, 2.75) is 47.5 Å². The van der Waals surface area contributed by atoms with Crippen LogP contribution in [0.3, 0.4) is 0 Å². The van der Waals surface area contributed by atoms with E-state index in [1.54, 1.807) is 5.56 Å². The minimum absolute atomic E-state index is 0.836. The van der Waals surface area contributed by atoms with Crippen LogP contribution in [-0.2, 0) is 6.42 Å². The van der Waals surface area contributed by atoms with Crippen LogP contribution in [0.4, 0.5) is 0 Å². The summed E-state index contributed by atoms with van der Waals surface area (Å²) in [5, 5.41) is 1.81. The molecule has 1 fully saturated rings. The lowest BCUT2D eigenvalue weighted by Crippen LogP contribution is -2.07. The predicted octanol–water partition coefficient (Wildman–Crippen LogP) is 4.38. The van der Waals surface area contributed by atoms with Gasteiger partial charge in [0.15, 0.2) is 0 Å². The van der Waals surface area contributed by atoms with Crippen molar-refractivity contribution in [2.24, 2.45) is 0 Å². The van der Waals surface area contributed by atoms with Crippen molar-refractivity contribution in [3.05, 3.63) is 29.8 Å². The van der Waals surface area contributed by atoms with E-state index in [0.717, 1.165) is 10.5 Å². The Balaban J connectivity index is 1.52. The summed E-state index contributed by atoms with van der Waals surface area (Å²) < 4.78 is 0. The molecule has 1 saturated carbocycles. The molecule has 0 radical (unpaired) electrons. The van der Waals surface area contributed by atoms with E-state index in [2.05, 4.69) is 47.8 Å². The Kier molecular flexibility index (Phi) is 3.49. The quantitative estimate of drug-likeness (QED) is 0.781. The fraction of sp³-hybridized carbons (Fsp3) is 0.571. The van der Waals surface area contributed by atoms with Crippen molar-refractivity contribution in [3.63, 3.8) is 0 Å². The third kappa shape index (κ3) is 2.43. The number of benzene rings is 1.